The number of anilines is 2. The van der Waals surface area contributed by atoms with Gasteiger partial charge in [-0.2, -0.15) is 9.97 Å². The normalized spacial score (nSPS) is 27.0. The van der Waals surface area contributed by atoms with Crippen molar-refractivity contribution >= 4 is 55.7 Å². The molecule has 3 aromatic heterocycles. The van der Waals surface area contributed by atoms with E-state index in [1.807, 2.05) is 11.4 Å². The van der Waals surface area contributed by atoms with Crippen molar-refractivity contribution in [2.45, 2.75) is 62.2 Å². The zero-order valence-corrected chi connectivity index (χ0v) is 25.7. The zero-order chi connectivity index (χ0) is 29.3. The second-order valence-electron chi connectivity index (χ2n) is 12.5. The molecule has 226 valence electrons. The fraction of sp³-hybridized carbons (Fsp3) is 0.516. The molecule has 4 saturated heterocycles. The van der Waals surface area contributed by atoms with Gasteiger partial charge in [-0.3, -0.25) is 4.90 Å². The van der Waals surface area contributed by atoms with Gasteiger partial charge in [-0.1, -0.05) is 11.6 Å². The Morgan fingerprint density at radius 2 is 1.98 bits per heavy atom. The molecule has 2 unspecified atom stereocenters. The number of benzene rings is 1. The highest BCUT2D eigenvalue weighted by Gasteiger charge is 2.49. The number of piperazine rings is 1. The summed E-state index contributed by atoms with van der Waals surface area (Å²) < 4.78 is 29.6. The molecular weight excluding hydrogens is 589 g/mol. The molecule has 0 spiro atoms. The monoisotopic (exact) mass is 623 g/mol. The van der Waals surface area contributed by atoms with E-state index in [0.29, 0.717) is 57.9 Å². The van der Waals surface area contributed by atoms with Crippen LogP contribution in [-0.4, -0.2) is 83.5 Å². The Balaban J connectivity index is 1.22. The van der Waals surface area contributed by atoms with Gasteiger partial charge in [0.05, 0.1) is 27.4 Å². The number of halogens is 2. The molecule has 12 heteroatoms. The number of thiophene rings is 1. The van der Waals surface area contributed by atoms with Crippen LogP contribution in [0.15, 0.2) is 23.6 Å². The van der Waals surface area contributed by atoms with E-state index >= 15 is 4.39 Å². The summed E-state index contributed by atoms with van der Waals surface area (Å²) in [7, 11) is 1.76. The topological polar surface area (TPSA) is 102 Å². The largest absolute Gasteiger partial charge is 0.461 e. The molecule has 4 atom stereocenters. The van der Waals surface area contributed by atoms with Gasteiger partial charge in [-0.15, -0.1) is 11.3 Å². The minimum absolute atomic E-state index is 0.0687. The second-order valence-corrected chi connectivity index (χ2v) is 13.8. The van der Waals surface area contributed by atoms with Gasteiger partial charge < -0.3 is 25.4 Å². The van der Waals surface area contributed by atoms with E-state index in [-0.39, 0.29) is 22.6 Å². The van der Waals surface area contributed by atoms with Crippen molar-refractivity contribution < 1.29 is 13.9 Å². The molecule has 4 aliphatic rings. The van der Waals surface area contributed by atoms with Gasteiger partial charge in [0.2, 0.25) is 0 Å². The van der Waals surface area contributed by atoms with Gasteiger partial charge >= 0.3 is 6.01 Å². The van der Waals surface area contributed by atoms with E-state index in [0.717, 1.165) is 69.5 Å². The Kier molecular flexibility index (Phi) is 6.87. The third kappa shape index (κ3) is 4.63. The van der Waals surface area contributed by atoms with Crippen molar-refractivity contribution in [3.05, 3.63) is 34.4 Å². The minimum atomic E-state index is -0.500. The third-order valence-corrected chi connectivity index (χ3v) is 11.2. The molecular formula is C31H35ClFN7O2S. The summed E-state index contributed by atoms with van der Waals surface area (Å²) >= 11 is 8.36. The van der Waals surface area contributed by atoms with E-state index in [9.17, 15) is 0 Å². The lowest BCUT2D eigenvalue weighted by Crippen LogP contribution is -2.51. The molecule has 4 aromatic rings. The lowest BCUT2D eigenvalue weighted by atomic mass is 9.95. The number of pyridine rings is 1. The fourth-order valence-electron chi connectivity index (χ4n) is 7.97. The third-order valence-electron chi connectivity index (χ3n) is 9.93. The zero-order valence-electron chi connectivity index (χ0n) is 24.1. The van der Waals surface area contributed by atoms with Crippen molar-refractivity contribution in [3.8, 4) is 17.1 Å². The molecule has 0 saturated carbocycles. The van der Waals surface area contributed by atoms with Crippen molar-refractivity contribution in [2.24, 2.45) is 0 Å². The molecule has 0 amide bonds. The van der Waals surface area contributed by atoms with Crippen LogP contribution in [-0.2, 0) is 4.74 Å². The number of hydrogen-bond acceptors (Lipinski definition) is 10. The first kappa shape index (κ1) is 27.7. The summed E-state index contributed by atoms with van der Waals surface area (Å²) in [5.41, 5.74) is 7.64. The first-order chi connectivity index (χ1) is 20.9. The number of hydrogen-bond donors (Lipinski definition) is 2. The summed E-state index contributed by atoms with van der Waals surface area (Å²) in [4.78, 5) is 19.0. The number of rotatable bonds is 7. The van der Waals surface area contributed by atoms with Crippen LogP contribution in [0.5, 0.6) is 6.01 Å². The summed E-state index contributed by atoms with van der Waals surface area (Å²) in [5, 5.41) is 6.44. The number of nitrogens with two attached hydrogens (primary N) is 1. The maximum Gasteiger partial charge on any atom is 0.319 e. The Morgan fingerprint density at radius 3 is 2.79 bits per heavy atom. The molecule has 9 nitrogen and oxygen atoms in total. The van der Waals surface area contributed by atoms with Gasteiger partial charge in [-0.05, 0) is 63.3 Å². The van der Waals surface area contributed by atoms with Crippen LogP contribution in [0.25, 0.3) is 32.2 Å². The number of fused-ring (bicyclic) bond motifs is 5. The quantitative estimate of drug-likeness (QED) is 0.286. The molecule has 4 aliphatic heterocycles. The Morgan fingerprint density at radius 1 is 1.14 bits per heavy atom. The number of ether oxygens (including phenoxy) is 2. The smallest absolute Gasteiger partial charge is 0.319 e. The average molecular weight is 624 g/mol. The van der Waals surface area contributed by atoms with Gasteiger partial charge in [0.25, 0.3) is 0 Å². The maximum absolute atomic E-state index is 16.8. The summed E-state index contributed by atoms with van der Waals surface area (Å²) in [6.45, 7) is 3.80. The van der Waals surface area contributed by atoms with E-state index in [4.69, 9.17) is 36.8 Å². The molecule has 2 bridgehead atoms. The highest BCUT2D eigenvalue weighted by atomic mass is 35.5. The minimum Gasteiger partial charge on any atom is -0.461 e. The summed E-state index contributed by atoms with van der Waals surface area (Å²) in [6, 6.07) is 6.80. The lowest BCUT2D eigenvalue weighted by Gasteiger charge is -2.35. The highest BCUT2D eigenvalue weighted by Crippen LogP contribution is 2.45. The Labute approximate surface area is 258 Å². The molecule has 8 rings (SSSR count). The Bertz CT molecular complexity index is 1710. The molecule has 7 heterocycles. The number of methoxy groups -OCH3 is 1. The van der Waals surface area contributed by atoms with Crippen molar-refractivity contribution in [1.82, 2.24) is 25.2 Å². The maximum atomic E-state index is 16.8. The van der Waals surface area contributed by atoms with Gasteiger partial charge in [0.15, 0.2) is 5.82 Å². The van der Waals surface area contributed by atoms with E-state index < -0.39 is 5.82 Å². The first-order valence-corrected chi connectivity index (χ1v) is 16.4. The number of nitrogens with one attached hydrogen (secondary N) is 1. The molecule has 1 aromatic carbocycles. The molecule has 0 aliphatic carbocycles. The van der Waals surface area contributed by atoms with Crippen molar-refractivity contribution in [3.63, 3.8) is 0 Å². The van der Waals surface area contributed by atoms with E-state index in [1.165, 1.54) is 11.3 Å². The van der Waals surface area contributed by atoms with Crippen LogP contribution in [0.3, 0.4) is 0 Å². The van der Waals surface area contributed by atoms with Crippen LogP contribution in [0.1, 0.15) is 38.5 Å². The molecule has 3 N–H and O–H groups in total. The Hall–Kier alpha value is -2.83. The number of nitrogens with zero attached hydrogens (tertiary/aromatic N) is 5. The molecule has 43 heavy (non-hydrogen) atoms. The SMILES string of the molecule is COC[C@H]1CC[C@@]2(COc3nc(N4CC5CCC(C4)N5)c4cc(Cl)c(-c5csc6ccc(N)nc56)c(F)c4n3)CCCN12. The predicted octanol–water partition coefficient (Wildman–Crippen LogP) is 5.24. The second kappa shape index (κ2) is 10.7. The molecule has 0 radical (unpaired) electrons. The van der Waals surface area contributed by atoms with Crippen molar-refractivity contribution in [1.29, 1.82) is 0 Å². The van der Waals surface area contributed by atoms with Crippen LogP contribution in [0.2, 0.25) is 5.02 Å². The van der Waals surface area contributed by atoms with Crippen LogP contribution < -0.4 is 20.7 Å². The number of aromatic nitrogens is 3. The highest BCUT2D eigenvalue weighted by molar-refractivity contribution is 7.17. The van der Waals surface area contributed by atoms with Gasteiger partial charge in [0.1, 0.15) is 23.8 Å². The fourth-order valence-corrected chi connectivity index (χ4v) is 9.15. The van der Waals surface area contributed by atoms with E-state index in [2.05, 4.69) is 20.1 Å². The predicted molar refractivity (Wildman–Crippen MR) is 169 cm³/mol. The van der Waals surface area contributed by atoms with E-state index in [1.54, 1.807) is 19.2 Å². The number of nitrogen functional groups attached to an aromatic ring is 1. The standard InChI is InChI=1S/C31H35ClFN7O2S/c1-41-14-19-7-9-31(8-2-10-40(19)31)16-42-30-37-28-20(29(38-30)39-12-17-3-4-18(13-39)35-17)11-22(32)25(26(28)33)21-15-43-23-5-6-24(34)36-27(21)23/h5-6,11,15,17-19,35H,2-4,7-10,12-14,16H2,1H3,(H2,34,36)/t17?,18?,19-,31-/m1/s1. The van der Waals surface area contributed by atoms with Crippen LogP contribution in [0, 0.1) is 5.82 Å². The van der Waals surface area contributed by atoms with Crippen molar-refractivity contribution in [2.75, 3.05) is 50.6 Å². The van der Waals surface area contributed by atoms with Crippen LogP contribution in [0.4, 0.5) is 16.0 Å². The van der Waals surface area contributed by atoms with Gasteiger partial charge in [0, 0.05) is 60.2 Å². The van der Waals surface area contributed by atoms with Crippen LogP contribution >= 0.6 is 22.9 Å². The van der Waals surface area contributed by atoms with Gasteiger partial charge in [-0.25, -0.2) is 9.37 Å². The lowest BCUT2D eigenvalue weighted by molar-refractivity contribution is 0.0521. The summed E-state index contributed by atoms with van der Waals surface area (Å²) in [5.74, 6) is 0.547. The average Bonchev–Trinajstić information content (AvgIpc) is 3.76. The molecule has 4 fully saturated rings. The summed E-state index contributed by atoms with van der Waals surface area (Å²) in [6.07, 6.45) is 6.54. The first-order valence-electron chi connectivity index (χ1n) is 15.2.